The van der Waals surface area contributed by atoms with Gasteiger partial charge >= 0.3 is 0 Å². The molecule has 0 aromatic carbocycles. The standard InChI is InChI=1S/C10H18O3/c1-7-3-9(13)4-8(5-11)10(7,2)6-12/h4,7,9,11-13H,3,5-6H2,1-2H3/t7-,9?,10+/m0/s1. The Labute approximate surface area is 78.7 Å². The zero-order valence-corrected chi connectivity index (χ0v) is 8.20. The van der Waals surface area contributed by atoms with Crippen LogP contribution in [-0.2, 0) is 0 Å². The van der Waals surface area contributed by atoms with Crippen molar-refractivity contribution in [3.63, 3.8) is 0 Å². The zero-order chi connectivity index (χ0) is 10.1. The molecule has 13 heavy (non-hydrogen) atoms. The Kier molecular flexibility index (Phi) is 3.11. The summed E-state index contributed by atoms with van der Waals surface area (Å²) in [4.78, 5) is 0. The minimum absolute atomic E-state index is 0.0211. The molecule has 3 nitrogen and oxygen atoms in total. The molecule has 1 aliphatic rings. The second-order valence-electron chi connectivity index (χ2n) is 4.13. The second-order valence-corrected chi connectivity index (χ2v) is 4.13. The molecule has 0 bridgehead atoms. The maximum atomic E-state index is 9.44. The predicted octanol–water partition coefficient (Wildman–Crippen LogP) is 0.304. The van der Waals surface area contributed by atoms with Gasteiger partial charge in [-0.15, -0.1) is 0 Å². The van der Waals surface area contributed by atoms with Crippen LogP contribution in [0.5, 0.6) is 0 Å². The smallest absolute Gasteiger partial charge is 0.0727 e. The zero-order valence-electron chi connectivity index (χ0n) is 8.20. The average Bonchev–Trinajstić information content (AvgIpc) is 2.11. The Balaban J connectivity index is 2.97. The van der Waals surface area contributed by atoms with E-state index in [0.717, 1.165) is 5.57 Å². The highest BCUT2D eigenvalue weighted by Crippen LogP contribution is 2.41. The highest BCUT2D eigenvalue weighted by molar-refractivity contribution is 5.21. The molecule has 0 saturated heterocycles. The van der Waals surface area contributed by atoms with Gasteiger partial charge in [-0.3, -0.25) is 0 Å². The monoisotopic (exact) mass is 186 g/mol. The van der Waals surface area contributed by atoms with Gasteiger partial charge in [-0.25, -0.2) is 0 Å². The van der Waals surface area contributed by atoms with Crippen molar-refractivity contribution < 1.29 is 15.3 Å². The SMILES string of the molecule is C[C@H]1CC(O)C=C(CO)[C@]1(C)CO. The van der Waals surface area contributed by atoms with E-state index in [1.807, 2.05) is 13.8 Å². The minimum Gasteiger partial charge on any atom is -0.395 e. The molecule has 3 N–H and O–H groups in total. The maximum Gasteiger partial charge on any atom is 0.0727 e. The molecule has 0 radical (unpaired) electrons. The fourth-order valence-corrected chi connectivity index (χ4v) is 1.92. The first-order chi connectivity index (χ1) is 6.04. The predicted molar refractivity (Wildman–Crippen MR) is 50.1 cm³/mol. The van der Waals surface area contributed by atoms with Crippen LogP contribution in [0.3, 0.4) is 0 Å². The summed E-state index contributed by atoms with van der Waals surface area (Å²) >= 11 is 0. The summed E-state index contributed by atoms with van der Waals surface area (Å²) in [5, 5.41) is 27.8. The first-order valence-corrected chi connectivity index (χ1v) is 4.65. The third kappa shape index (κ3) is 1.77. The van der Waals surface area contributed by atoms with Gasteiger partial charge in [0.2, 0.25) is 0 Å². The molecule has 0 spiro atoms. The molecule has 0 aromatic heterocycles. The van der Waals surface area contributed by atoms with Gasteiger partial charge in [0.1, 0.15) is 0 Å². The van der Waals surface area contributed by atoms with Gasteiger partial charge in [-0.1, -0.05) is 19.9 Å². The highest BCUT2D eigenvalue weighted by Gasteiger charge is 2.38. The van der Waals surface area contributed by atoms with Gasteiger partial charge in [0.25, 0.3) is 0 Å². The summed E-state index contributed by atoms with van der Waals surface area (Å²) < 4.78 is 0. The molecule has 3 atom stereocenters. The lowest BCUT2D eigenvalue weighted by molar-refractivity contribution is 0.0598. The quantitative estimate of drug-likeness (QED) is 0.544. The topological polar surface area (TPSA) is 60.7 Å². The number of aliphatic hydroxyl groups excluding tert-OH is 3. The van der Waals surface area contributed by atoms with E-state index in [9.17, 15) is 10.2 Å². The minimum atomic E-state index is -0.475. The summed E-state index contributed by atoms with van der Waals surface area (Å²) in [5.41, 5.74) is 0.384. The van der Waals surface area contributed by atoms with Crippen LogP contribution in [-0.4, -0.2) is 34.6 Å². The fourth-order valence-electron chi connectivity index (χ4n) is 1.92. The lowest BCUT2D eigenvalue weighted by atomic mass is 9.67. The summed E-state index contributed by atoms with van der Waals surface area (Å²) in [6, 6.07) is 0. The fraction of sp³-hybridized carbons (Fsp3) is 0.800. The molecule has 76 valence electrons. The van der Waals surface area contributed by atoms with Gasteiger partial charge in [0.15, 0.2) is 0 Å². The number of hydrogen-bond acceptors (Lipinski definition) is 3. The van der Waals surface area contributed by atoms with Crippen LogP contribution < -0.4 is 0 Å². The van der Waals surface area contributed by atoms with Crippen molar-refractivity contribution in [3.8, 4) is 0 Å². The Morgan fingerprint density at radius 1 is 1.54 bits per heavy atom. The molecule has 0 aliphatic heterocycles. The molecule has 0 fully saturated rings. The molecule has 1 unspecified atom stereocenters. The number of rotatable bonds is 2. The van der Waals surface area contributed by atoms with E-state index in [2.05, 4.69) is 0 Å². The van der Waals surface area contributed by atoms with Crippen molar-refractivity contribution in [2.45, 2.75) is 26.4 Å². The largest absolute Gasteiger partial charge is 0.395 e. The molecule has 0 aromatic rings. The van der Waals surface area contributed by atoms with E-state index < -0.39 is 6.10 Å². The molecule has 1 aliphatic carbocycles. The van der Waals surface area contributed by atoms with Gasteiger partial charge in [0, 0.05) is 5.41 Å². The van der Waals surface area contributed by atoms with Crippen LogP contribution in [0, 0.1) is 11.3 Å². The van der Waals surface area contributed by atoms with Crippen molar-refractivity contribution in [2.75, 3.05) is 13.2 Å². The highest BCUT2D eigenvalue weighted by atomic mass is 16.3. The lowest BCUT2D eigenvalue weighted by Crippen LogP contribution is -2.39. The summed E-state index contributed by atoms with van der Waals surface area (Å²) in [6.07, 6.45) is 1.84. The summed E-state index contributed by atoms with van der Waals surface area (Å²) in [6.45, 7) is 3.85. The number of aliphatic hydroxyl groups is 3. The molecule has 0 heterocycles. The molecule has 0 amide bonds. The molecule has 0 saturated carbocycles. The van der Waals surface area contributed by atoms with E-state index >= 15 is 0 Å². The van der Waals surface area contributed by atoms with Crippen LogP contribution in [0.25, 0.3) is 0 Å². The molecule has 1 rings (SSSR count). The average molecular weight is 186 g/mol. The van der Waals surface area contributed by atoms with Crippen molar-refractivity contribution in [2.24, 2.45) is 11.3 Å². The van der Waals surface area contributed by atoms with E-state index in [4.69, 9.17) is 5.11 Å². The van der Waals surface area contributed by atoms with E-state index in [1.165, 1.54) is 0 Å². The van der Waals surface area contributed by atoms with Crippen molar-refractivity contribution >= 4 is 0 Å². The second kappa shape index (κ2) is 3.78. The van der Waals surface area contributed by atoms with Gasteiger partial charge in [-0.2, -0.15) is 0 Å². The van der Waals surface area contributed by atoms with Crippen LogP contribution in [0.1, 0.15) is 20.3 Å². The Morgan fingerprint density at radius 3 is 2.62 bits per heavy atom. The Hall–Kier alpha value is -0.380. The summed E-state index contributed by atoms with van der Waals surface area (Å²) in [5.74, 6) is 0.194. The Bertz CT molecular complexity index is 212. The van der Waals surface area contributed by atoms with Crippen molar-refractivity contribution in [3.05, 3.63) is 11.6 Å². The van der Waals surface area contributed by atoms with E-state index in [-0.39, 0.29) is 24.5 Å². The van der Waals surface area contributed by atoms with E-state index in [0.29, 0.717) is 6.42 Å². The van der Waals surface area contributed by atoms with Crippen molar-refractivity contribution in [1.29, 1.82) is 0 Å². The van der Waals surface area contributed by atoms with Crippen LogP contribution >= 0.6 is 0 Å². The van der Waals surface area contributed by atoms with Crippen LogP contribution in [0.4, 0.5) is 0 Å². The van der Waals surface area contributed by atoms with Crippen LogP contribution in [0.15, 0.2) is 11.6 Å². The number of hydrogen-bond donors (Lipinski definition) is 3. The molecular formula is C10H18O3. The third-order valence-electron chi connectivity index (χ3n) is 3.31. The van der Waals surface area contributed by atoms with Gasteiger partial charge < -0.3 is 15.3 Å². The first kappa shape index (κ1) is 10.7. The normalized spacial score (nSPS) is 40.2. The molecular weight excluding hydrogens is 168 g/mol. The van der Waals surface area contributed by atoms with Gasteiger partial charge in [-0.05, 0) is 17.9 Å². The third-order valence-corrected chi connectivity index (χ3v) is 3.31. The van der Waals surface area contributed by atoms with Crippen LogP contribution in [0.2, 0.25) is 0 Å². The van der Waals surface area contributed by atoms with Crippen molar-refractivity contribution in [1.82, 2.24) is 0 Å². The molecule has 3 heteroatoms. The lowest BCUT2D eigenvalue weighted by Gasteiger charge is -2.40. The first-order valence-electron chi connectivity index (χ1n) is 4.65. The van der Waals surface area contributed by atoms with Gasteiger partial charge in [0.05, 0.1) is 19.3 Å². The maximum absolute atomic E-state index is 9.44. The van der Waals surface area contributed by atoms with E-state index in [1.54, 1.807) is 6.08 Å². The summed E-state index contributed by atoms with van der Waals surface area (Å²) in [7, 11) is 0. The Morgan fingerprint density at radius 2 is 2.15 bits per heavy atom.